The molecule has 21 heavy (non-hydrogen) atoms. The molecule has 5 heteroatoms. The summed E-state index contributed by atoms with van der Waals surface area (Å²) in [5.41, 5.74) is 0.172. The van der Waals surface area contributed by atoms with Crippen molar-refractivity contribution in [2.75, 3.05) is 19.6 Å². The van der Waals surface area contributed by atoms with Gasteiger partial charge in [0.1, 0.15) is 0 Å². The summed E-state index contributed by atoms with van der Waals surface area (Å²) in [7, 11) is 0. The lowest BCUT2D eigenvalue weighted by molar-refractivity contribution is -0.189. The summed E-state index contributed by atoms with van der Waals surface area (Å²) in [6.45, 7) is 8.56. The van der Waals surface area contributed by atoms with E-state index in [2.05, 4.69) is 31.0 Å². The lowest BCUT2D eigenvalue weighted by Gasteiger charge is -2.42. The van der Waals surface area contributed by atoms with E-state index in [0.717, 1.165) is 32.4 Å². The van der Waals surface area contributed by atoms with Crippen LogP contribution in [0.3, 0.4) is 0 Å². The van der Waals surface area contributed by atoms with Crippen molar-refractivity contribution in [2.24, 2.45) is 11.3 Å². The van der Waals surface area contributed by atoms with Crippen LogP contribution in [0.25, 0.3) is 0 Å². The molecule has 0 spiro atoms. The fourth-order valence-corrected chi connectivity index (χ4v) is 4.04. The Labute approximate surface area is 126 Å². The molecule has 1 N–H and O–H groups in total. The maximum absolute atomic E-state index is 13.0. The number of piperidine rings is 1. The maximum atomic E-state index is 13.0. The molecule has 0 amide bonds. The Bertz CT molecular complexity index is 341. The number of hydrogen-bond acceptors (Lipinski definition) is 2. The Morgan fingerprint density at radius 1 is 1.24 bits per heavy atom. The molecule has 0 aromatic heterocycles. The molecule has 2 fully saturated rings. The van der Waals surface area contributed by atoms with Crippen molar-refractivity contribution >= 4 is 0 Å². The van der Waals surface area contributed by atoms with Gasteiger partial charge in [-0.3, -0.25) is 4.90 Å². The third-order valence-corrected chi connectivity index (χ3v) is 5.31. The van der Waals surface area contributed by atoms with Crippen LogP contribution in [0, 0.1) is 11.3 Å². The molecule has 3 unspecified atom stereocenters. The van der Waals surface area contributed by atoms with Gasteiger partial charge in [0, 0.05) is 18.6 Å². The molecule has 2 rings (SSSR count). The third-order valence-electron chi connectivity index (χ3n) is 5.31. The zero-order valence-electron chi connectivity index (χ0n) is 13.5. The molecule has 2 aliphatic rings. The first kappa shape index (κ1) is 17.1. The van der Waals surface area contributed by atoms with Crippen LogP contribution in [-0.4, -0.2) is 42.8 Å². The van der Waals surface area contributed by atoms with Crippen molar-refractivity contribution in [1.29, 1.82) is 0 Å². The molecule has 1 aliphatic heterocycles. The van der Waals surface area contributed by atoms with Crippen LogP contribution in [0.2, 0.25) is 0 Å². The van der Waals surface area contributed by atoms with Crippen LogP contribution in [0.5, 0.6) is 0 Å². The van der Waals surface area contributed by atoms with E-state index in [-0.39, 0.29) is 18.0 Å². The van der Waals surface area contributed by atoms with E-state index in [0.29, 0.717) is 18.9 Å². The minimum absolute atomic E-state index is 0.172. The number of alkyl halides is 3. The van der Waals surface area contributed by atoms with Crippen LogP contribution in [0.15, 0.2) is 0 Å². The standard InChI is InChI=1S/C16H29F3N2/c1-4-9-20-14-13(7-8-15(14,2)3)21-10-5-6-12(11-21)16(17,18)19/h12-14,20H,4-11H2,1-3H3. The lowest BCUT2D eigenvalue weighted by Crippen LogP contribution is -2.55. The predicted molar refractivity (Wildman–Crippen MR) is 79.2 cm³/mol. The summed E-state index contributed by atoms with van der Waals surface area (Å²) in [5, 5.41) is 3.60. The number of likely N-dealkylation sites (tertiary alicyclic amines) is 1. The molecule has 1 aliphatic carbocycles. The molecule has 2 nitrogen and oxygen atoms in total. The molecule has 1 saturated carbocycles. The van der Waals surface area contributed by atoms with E-state index in [4.69, 9.17) is 0 Å². The molecule has 124 valence electrons. The highest BCUT2D eigenvalue weighted by atomic mass is 19.4. The smallest absolute Gasteiger partial charge is 0.312 e. The average molecular weight is 306 g/mol. The van der Waals surface area contributed by atoms with Crippen LogP contribution < -0.4 is 5.32 Å². The van der Waals surface area contributed by atoms with Gasteiger partial charge in [-0.15, -0.1) is 0 Å². The van der Waals surface area contributed by atoms with Crippen LogP contribution in [0.1, 0.15) is 52.9 Å². The first-order valence-corrected chi connectivity index (χ1v) is 8.30. The van der Waals surface area contributed by atoms with Crippen molar-refractivity contribution in [3.63, 3.8) is 0 Å². The SMILES string of the molecule is CCCNC1C(N2CCCC(C(F)(F)F)C2)CCC1(C)C. The second-order valence-electron chi connectivity index (χ2n) is 7.40. The highest BCUT2D eigenvalue weighted by molar-refractivity contribution is 5.02. The van der Waals surface area contributed by atoms with Gasteiger partial charge < -0.3 is 5.32 Å². The van der Waals surface area contributed by atoms with Crippen molar-refractivity contribution in [2.45, 2.75) is 71.1 Å². The van der Waals surface area contributed by atoms with Gasteiger partial charge in [-0.25, -0.2) is 0 Å². The molecular formula is C16H29F3N2. The van der Waals surface area contributed by atoms with Crippen LogP contribution in [-0.2, 0) is 0 Å². The lowest BCUT2D eigenvalue weighted by atomic mass is 9.85. The largest absolute Gasteiger partial charge is 0.393 e. The van der Waals surface area contributed by atoms with Gasteiger partial charge in [0.2, 0.25) is 0 Å². The fraction of sp³-hybridized carbons (Fsp3) is 1.00. The highest BCUT2D eigenvalue weighted by Gasteiger charge is 2.48. The second kappa shape index (κ2) is 6.45. The summed E-state index contributed by atoms with van der Waals surface area (Å²) < 4.78 is 39.0. The number of nitrogens with zero attached hydrogens (tertiary/aromatic N) is 1. The summed E-state index contributed by atoms with van der Waals surface area (Å²) in [6.07, 6.45) is 0.0829. The maximum Gasteiger partial charge on any atom is 0.393 e. The number of rotatable bonds is 4. The van der Waals surface area contributed by atoms with Crippen molar-refractivity contribution < 1.29 is 13.2 Å². The van der Waals surface area contributed by atoms with Gasteiger partial charge in [-0.1, -0.05) is 20.8 Å². The van der Waals surface area contributed by atoms with Gasteiger partial charge >= 0.3 is 6.18 Å². The van der Waals surface area contributed by atoms with E-state index in [1.807, 2.05) is 0 Å². The Morgan fingerprint density at radius 2 is 1.95 bits per heavy atom. The molecule has 0 radical (unpaired) electrons. The van der Waals surface area contributed by atoms with Crippen molar-refractivity contribution in [3.8, 4) is 0 Å². The zero-order chi connectivity index (χ0) is 15.7. The Kier molecular flexibility index (Phi) is 5.24. The Morgan fingerprint density at radius 3 is 2.57 bits per heavy atom. The summed E-state index contributed by atoms with van der Waals surface area (Å²) in [5.74, 6) is -1.14. The minimum atomic E-state index is -4.04. The van der Waals surface area contributed by atoms with E-state index in [1.54, 1.807) is 0 Å². The normalized spacial score (nSPS) is 34.3. The molecule has 3 atom stereocenters. The van der Waals surface area contributed by atoms with E-state index in [1.165, 1.54) is 0 Å². The molecule has 1 saturated heterocycles. The van der Waals surface area contributed by atoms with Gasteiger partial charge in [0.25, 0.3) is 0 Å². The minimum Gasteiger partial charge on any atom is -0.312 e. The number of halogens is 3. The zero-order valence-corrected chi connectivity index (χ0v) is 13.5. The van der Waals surface area contributed by atoms with E-state index < -0.39 is 12.1 Å². The average Bonchev–Trinajstić information content (AvgIpc) is 2.71. The van der Waals surface area contributed by atoms with Crippen molar-refractivity contribution in [1.82, 2.24) is 10.2 Å². The van der Waals surface area contributed by atoms with Gasteiger partial charge in [0.05, 0.1) is 5.92 Å². The van der Waals surface area contributed by atoms with Crippen molar-refractivity contribution in [3.05, 3.63) is 0 Å². The highest BCUT2D eigenvalue weighted by Crippen LogP contribution is 2.42. The predicted octanol–water partition coefficient (Wildman–Crippen LogP) is 3.82. The fourth-order valence-electron chi connectivity index (χ4n) is 4.04. The monoisotopic (exact) mass is 306 g/mol. The number of hydrogen-bond donors (Lipinski definition) is 1. The van der Waals surface area contributed by atoms with Crippen LogP contribution >= 0.6 is 0 Å². The first-order valence-electron chi connectivity index (χ1n) is 8.30. The summed E-state index contributed by atoms with van der Waals surface area (Å²) in [4.78, 5) is 2.11. The van der Waals surface area contributed by atoms with Crippen LogP contribution in [0.4, 0.5) is 13.2 Å². The van der Waals surface area contributed by atoms with Gasteiger partial charge in [-0.2, -0.15) is 13.2 Å². The molecule has 0 aromatic rings. The molecule has 1 heterocycles. The van der Waals surface area contributed by atoms with Gasteiger partial charge in [0.15, 0.2) is 0 Å². The van der Waals surface area contributed by atoms with E-state index in [9.17, 15) is 13.2 Å². The second-order valence-corrected chi connectivity index (χ2v) is 7.40. The van der Waals surface area contributed by atoms with E-state index >= 15 is 0 Å². The molecule has 0 bridgehead atoms. The third kappa shape index (κ3) is 3.92. The van der Waals surface area contributed by atoms with Gasteiger partial charge in [-0.05, 0) is 50.6 Å². The molecular weight excluding hydrogens is 277 g/mol. The quantitative estimate of drug-likeness (QED) is 0.849. The summed E-state index contributed by atoms with van der Waals surface area (Å²) in [6, 6.07) is 0.570. The molecule has 0 aromatic carbocycles. The topological polar surface area (TPSA) is 15.3 Å². The first-order chi connectivity index (χ1) is 9.75. The number of nitrogens with one attached hydrogen (secondary N) is 1. The Balaban J connectivity index is 2.05. The Hall–Kier alpha value is -0.290. The summed E-state index contributed by atoms with van der Waals surface area (Å²) >= 11 is 0.